The summed E-state index contributed by atoms with van der Waals surface area (Å²) < 4.78 is 4.76. The normalized spacial score (nSPS) is 9.43. The molecule has 0 aliphatic carbocycles. The van der Waals surface area contributed by atoms with Crippen LogP contribution < -0.4 is 4.74 Å². The quantitative estimate of drug-likeness (QED) is 0.736. The Morgan fingerprint density at radius 3 is 2.71 bits per heavy atom. The third kappa shape index (κ3) is 2.48. The Bertz CT molecular complexity index is 358. The number of rotatable bonds is 4. The van der Waals surface area contributed by atoms with Crippen LogP contribution in [0, 0.1) is 6.07 Å². The molecule has 14 heavy (non-hydrogen) atoms. The van der Waals surface area contributed by atoms with E-state index in [1.165, 1.54) is 18.2 Å². The first-order valence-corrected chi connectivity index (χ1v) is 3.69. The van der Waals surface area contributed by atoms with Crippen molar-refractivity contribution in [3.8, 4) is 5.75 Å². The number of ether oxygens (including phenoxy) is 1. The van der Waals surface area contributed by atoms with Gasteiger partial charge in [0.2, 0.25) is 0 Å². The lowest BCUT2D eigenvalue weighted by molar-refractivity contribution is -0.139. The smallest absolute Gasteiger partial charge is 0.341 e. The summed E-state index contributed by atoms with van der Waals surface area (Å²) in [5.74, 6) is -2.31. The zero-order chi connectivity index (χ0) is 10.6. The van der Waals surface area contributed by atoms with Crippen LogP contribution >= 0.6 is 0 Å². The van der Waals surface area contributed by atoms with Gasteiger partial charge >= 0.3 is 11.9 Å². The SMILES string of the molecule is O=C(O)COc1cc[c]cc1C(=O)O. The van der Waals surface area contributed by atoms with Crippen LogP contribution in [0.1, 0.15) is 10.4 Å². The van der Waals surface area contributed by atoms with E-state index in [9.17, 15) is 9.59 Å². The van der Waals surface area contributed by atoms with Crippen molar-refractivity contribution in [3.63, 3.8) is 0 Å². The molecule has 1 aromatic carbocycles. The Morgan fingerprint density at radius 1 is 1.43 bits per heavy atom. The van der Waals surface area contributed by atoms with E-state index in [2.05, 4.69) is 6.07 Å². The molecule has 0 aliphatic rings. The van der Waals surface area contributed by atoms with Crippen molar-refractivity contribution in [2.45, 2.75) is 0 Å². The highest BCUT2D eigenvalue weighted by Crippen LogP contribution is 2.16. The molecular weight excluding hydrogens is 188 g/mol. The average molecular weight is 195 g/mol. The molecule has 0 aliphatic heterocycles. The Balaban J connectivity index is 2.84. The molecule has 5 nitrogen and oxygen atoms in total. The molecule has 0 saturated carbocycles. The highest BCUT2D eigenvalue weighted by Gasteiger charge is 2.10. The monoisotopic (exact) mass is 195 g/mol. The second-order valence-corrected chi connectivity index (χ2v) is 2.41. The van der Waals surface area contributed by atoms with Crippen molar-refractivity contribution >= 4 is 11.9 Å². The topological polar surface area (TPSA) is 83.8 Å². The summed E-state index contributed by atoms with van der Waals surface area (Å²) in [6, 6.07) is 6.59. The van der Waals surface area contributed by atoms with Gasteiger partial charge in [0.25, 0.3) is 0 Å². The molecule has 0 spiro atoms. The van der Waals surface area contributed by atoms with Crippen molar-refractivity contribution in [1.29, 1.82) is 0 Å². The number of carboxylic acid groups (broad SMARTS) is 2. The van der Waals surface area contributed by atoms with Crippen LogP contribution in [-0.2, 0) is 4.79 Å². The van der Waals surface area contributed by atoms with E-state index in [1.54, 1.807) is 0 Å². The lowest BCUT2D eigenvalue weighted by Crippen LogP contribution is -2.11. The van der Waals surface area contributed by atoms with Gasteiger partial charge in [0.15, 0.2) is 6.61 Å². The molecule has 1 aromatic rings. The molecular formula is C9H7O5. The van der Waals surface area contributed by atoms with Gasteiger partial charge in [-0.2, -0.15) is 0 Å². The van der Waals surface area contributed by atoms with Gasteiger partial charge < -0.3 is 14.9 Å². The molecule has 0 amide bonds. The summed E-state index contributed by atoms with van der Waals surface area (Å²) in [5.41, 5.74) is -0.103. The Hall–Kier alpha value is -2.04. The van der Waals surface area contributed by atoms with E-state index in [4.69, 9.17) is 14.9 Å². The predicted octanol–water partition coefficient (Wildman–Crippen LogP) is 0.648. The Kier molecular flexibility index (Phi) is 3.06. The molecule has 0 saturated heterocycles. The van der Waals surface area contributed by atoms with Crippen LogP contribution in [0.25, 0.3) is 0 Å². The summed E-state index contributed by atoms with van der Waals surface area (Å²) in [7, 11) is 0. The molecule has 0 fully saturated rings. The van der Waals surface area contributed by atoms with Crippen LogP contribution in [0.4, 0.5) is 0 Å². The standard InChI is InChI=1S/C9H7O5/c10-8(11)5-14-7-4-2-1-3-6(7)9(12)13/h2-4H,5H2,(H,10,11)(H,12,13). The van der Waals surface area contributed by atoms with E-state index >= 15 is 0 Å². The maximum Gasteiger partial charge on any atom is 0.341 e. The van der Waals surface area contributed by atoms with E-state index < -0.39 is 18.5 Å². The van der Waals surface area contributed by atoms with Crippen molar-refractivity contribution in [2.75, 3.05) is 6.61 Å². The summed E-state index contributed by atoms with van der Waals surface area (Å²) in [4.78, 5) is 20.8. The van der Waals surface area contributed by atoms with Gasteiger partial charge in [0, 0.05) is 0 Å². The lowest BCUT2D eigenvalue weighted by Gasteiger charge is -2.05. The number of carbonyl (C=O) groups is 2. The first-order chi connectivity index (χ1) is 6.61. The minimum atomic E-state index is -1.18. The second kappa shape index (κ2) is 4.27. The summed E-state index contributed by atoms with van der Waals surface area (Å²) >= 11 is 0. The number of carboxylic acids is 2. The number of aromatic carboxylic acids is 1. The molecule has 1 rings (SSSR count). The van der Waals surface area contributed by atoms with Crippen molar-refractivity contribution < 1.29 is 24.5 Å². The molecule has 0 aromatic heterocycles. The van der Waals surface area contributed by atoms with Gasteiger partial charge in [0.05, 0.1) is 0 Å². The third-order valence-corrected chi connectivity index (χ3v) is 1.41. The van der Waals surface area contributed by atoms with Gasteiger partial charge in [-0.25, -0.2) is 9.59 Å². The average Bonchev–Trinajstić information content (AvgIpc) is 2.15. The molecule has 73 valence electrons. The summed E-state index contributed by atoms with van der Waals surface area (Å²) in [6.45, 7) is -0.565. The second-order valence-electron chi connectivity index (χ2n) is 2.41. The summed E-state index contributed by atoms with van der Waals surface area (Å²) in [5, 5.41) is 17.0. The summed E-state index contributed by atoms with van der Waals surface area (Å²) in [6.07, 6.45) is 0. The Morgan fingerprint density at radius 2 is 2.14 bits per heavy atom. The predicted molar refractivity (Wildman–Crippen MR) is 45.4 cm³/mol. The molecule has 5 heteroatoms. The van der Waals surface area contributed by atoms with Crippen LogP contribution in [0.15, 0.2) is 18.2 Å². The van der Waals surface area contributed by atoms with Crippen LogP contribution in [0.2, 0.25) is 0 Å². The first kappa shape index (κ1) is 10.0. The zero-order valence-electron chi connectivity index (χ0n) is 7.06. The van der Waals surface area contributed by atoms with Crippen LogP contribution in [0.5, 0.6) is 5.75 Å². The fraction of sp³-hybridized carbons (Fsp3) is 0.111. The van der Waals surface area contributed by atoms with Crippen molar-refractivity contribution in [1.82, 2.24) is 0 Å². The third-order valence-electron chi connectivity index (χ3n) is 1.41. The maximum atomic E-state index is 10.6. The van der Waals surface area contributed by atoms with Gasteiger partial charge in [-0.1, -0.05) is 6.07 Å². The van der Waals surface area contributed by atoms with Gasteiger partial charge in [0.1, 0.15) is 11.3 Å². The maximum absolute atomic E-state index is 10.6. The van der Waals surface area contributed by atoms with Gasteiger partial charge in [-0.05, 0) is 18.2 Å². The highest BCUT2D eigenvalue weighted by atomic mass is 16.5. The fourth-order valence-corrected chi connectivity index (χ4v) is 0.849. The molecule has 1 radical (unpaired) electrons. The molecule has 0 unspecified atom stereocenters. The molecule has 0 heterocycles. The van der Waals surface area contributed by atoms with E-state index in [-0.39, 0.29) is 11.3 Å². The minimum absolute atomic E-state index is 0.0265. The van der Waals surface area contributed by atoms with Crippen LogP contribution in [0.3, 0.4) is 0 Å². The van der Waals surface area contributed by atoms with Gasteiger partial charge in [-0.15, -0.1) is 0 Å². The molecule has 2 N–H and O–H groups in total. The minimum Gasteiger partial charge on any atom is -0.481 e. The molecule has 0 bridgehead atoms. The molecule has 0 atom stereocenters. The Labute approximate surface area is 79.6 Å². The number of aliphatic carboxylic acids is 1. The number of benzene rings is 1. The lowest BCUT2D eigenvalue weighted by atomic mass is 10.2. The van der Waals surface area contributed by atoms with E-state index in [0.717, 1.165) is 0 Å². The number of hydrogen-bond donors (Lipinski definition) is 2. The number of hydrogen-bond acceptors (Lipinski definition) is 3. The largest absolute Gasteiger partial charge is 0.481 e. The van der Waals surface area contributed by atoms with Crippen molar-refractivity contribution in [2.24, 2.45) is 0 Å². The van der Waals surface area contributed by atoms with Gasteiger partial charge in [-0.3, -0.25) is 0 Å². The highest BCUT2D eigenvalue weighted by molar-refractivity contribution is 5.90. The van der Waals surface area contributed by atoms with Crippen LogP contribution in [-0.4, -0.2) is 28.8 Å². The zero-order valence-corrected chi connectivity index (χ0v) is 7.06. The van der Waals surface area contributed by atoms with E-state index in [0.29, 0.717) is 0 Å². The fourth-order valence-electron chi connectivity index (χ4n) is 0.849. The first-order valence-electron chi connectivity index (χ1n) is 3.69. The van der Waals surface area contributed by atoms with Crippen molar-refractivity contribution in [3.05, 3.63) is 29.8 Å². The van der Waals surface area contributed by atoms with E-state index in [1.807, 2.05) is 0 Å².